The molecule has 0 radical (unpaired) electrons. The molecular weight excluding hydrogens is 212 g/mol. The van der Waals surface area contributed by atoms with Crippen LogP contribution in [-0.4, -0.2) is 12.6 Å². The molecule has 2 aliphatic carbocycles. The maximum atomic E-state index is 11.8. The average molecular weight is 234 g/mol. The fraction of sp³-hybridized carbons (Fsp3) is 0.800. The van der Waals surface area contributed by atoms with Crippen LogP contribution in [0.1, 0.15) is 46.5 Å². The fourth-order valence-corrected chi connectivity index (χ4v) is 5.39. The highest BCUT2D eigenvalue weighted by atomic mass is 16.5. The Morgan fingerprint density at radius 1 is 1.35 bits per heavy atom. The molecule has 3 rings (SSSR count). The molecule has 1 aliphatic heterocycles. The lowest BCUT2D eigenvalue weighted by molar-refractivity contribution is -0.164. The first kappa shape index (κ1) is 11.3. The number of carbonyl (C=O) groups is 1. The molecule has 2 heteroatoms. The summed E-state index contributed by atoms with van der Waals surface area (Å²) in [5, 5.41) is 0. The van der Waals surface area contributed by atoms with Crippen LogP contribution in [0.25, 0.3) is 0 Å². The van der Waals surface area contributed by atoms with Gasteiger partial charge in [0.1, 0.15) is 0 Å². The molecule has 3 atom stereocenters. The van der Waals surface area contributed by atoms with Crippen molar-refractivity contribution in [2.75, 3.05) is 6.61 Å². The standard InChI is InChI=1S/C15H22O2/c1-10-5-6-11-13(2,3)8-14(4)9-17-12(16)7-15(10,11)14/h11H,1,5-9H2,2-4H3/t11-,14+,15-/m0/s1. The zero-order chi connectivity index (χ0) is 12.5. The summed E-state index contributed by atoms with van der Waals surface area (Å²) in [5.74, 6) is 0.591. The van der Waals surface area contributed by atoms with Gasteiger partial charge in [-0.3, -0.25) is 4.79 Å². The van der Waals surface area contributed by atoms with Gasteiger partial charge in [0.25, 0.3) is 0 Å². The number of hydrogen-bond acceptors (Lipinski definition) is 2. The molecular formula is C15H22O2. The third kappa shape index (κ3) is 1.14. The van der Waals surface area contributed by atoms with Crippen molar-refractivity contribution in [1.29, 1.82) is 0 Å². The second kappa shape index (κ2) is 2.96. The molecule has 2 saturated carbocycles. The molecule has 0 aromatic rings. The van der Waals surface area contributed by atoms with Crippen molar-refractivity contribution in [3.63, 3.8) is 0 Å². The van der Waals surface area contributed by atoms with Gasteiger partial charge in [0, 0.05) is 10.8 Å². The Kier molecular flexibility index (Phi) is 1.97. The lowest BCUT2D eigenvalue weighted by atomic mass is 9.59. The van der Waals surface area contributed by atoms with E-state index >= 15 is 0 Å². The van der Waals surface area contributed by atoms with E-state index < -0.39 is 0 Å². The van der Waals surface area contributed by atoms with Gasteiger partial charge in [0.05, 0.1) is 13.0 Å². The molecule has 94 valence electrons. The third-order valence-electron chi connectivity index (χ3n) is 5.80. The summed E-state index contributed by atoms with van der Waals surface area (Å²) in [5.41, 5.74) is 1.77. The first-order valence-corrected chi connectivity index (χ1v) is 6.66. The number of cyclic esters (lactones) is 1. The lowest BCUT2D eigenvalue weighted by Gasteiger charge is -2.47. The van der Waals surface area contributed by atoms with Crippen LogP contribution in [0.5, 0.6) is 0 Å². The van der Waals surface area contributed by atoms with E-state index in [2.05, 4.69) is 27.4 Å². The monoisotopic (exact) mass is 234 g/mol. The second-order valence-corrected chi connectivity index (χ2v) is 7.23. The largest absolute Gasteiger partial charge is 0.465 e. The van der Waals surface area contributed by atoms with Crippen LogP contribution in [0.4, 0.5) is 0 Å². The molecule has 0 unspecified atom stereocenters. The minimum atomic E-state index is -0.0202. The first-order valence-electron chi connectivity index (χ1n) is 6.66. The van der Waals surface area contributed by atoms with Crippen molar-refractivity contribution >= 4 is 5.97 Å². The van der Waals surface area contributed by atoms with Gasteiger partial charge in [0.2, 0.25) is 0 Å². The maximum absolute atomic E-state index is 11.8. The normalized spacial score (nSPS) is 47.6. The third-order valence-corrected chi connectivity index (χ3v) is 5.80. The number of hydrogen-bond donors (Lipinski definition) is 0. The van der Waals surface area contributed by atoms with Gasteiger partial charge in [-0.25, -0.2) is 0 Å². The molecule has 3 fully saturated rings. The molecule has 1 saturated heterocycles. The summed E-state index contributed by atoms with van der Waals surface area (Å²) in [7, 11) is 0. The van der Waals surface area contributed by atoms with Crippen LogP contribution >= 0.6 is 0 Å². The van der Waals surface area contributed by atoms with Gasteiger partial charge in [-0.15, -0.1) is 0 Å². The molecule has 3 aliphatic rings. The first-order chi connectivity index (χ1) is 7.82. The predicted molar refractivity (Wildman–Crippen MR) is 66.4 cm³/mol. The van der Waals surface area contributed by atoms with Gasteiger partial charge >= 0.3 is 5.97 Å². The van der Waals surface area contributed by atoms with Crippen molar-refractivity contribution in [3.05, 3.63) is 12.2 Å². The molecule has 1 spiro atoms. The van der Waals surface area contributed by atoms with Crippen LogP contribution in [0, 0.1) is 22.2 Å². The smallest absolute Gasteiger partial charge is 0.306 e. The quantitative estimate of drug-likeness (QED) is 0.475. The highest BCUT2D eigenvalue weighted by Gasteiger charge is 2.69. The van der Waals surface area contributed by atoms with Crippen molar-refractivity contribution in [2.24, 2.45) is 22.2 Å². The van der Waals surface area contributed by atoms with Crippen molar-refractivity contribution < 1.29 is 9.53 Å². The number of rotatable bonds is 0. The van der Waals surface area contributed by atoms with E-state index in [9.17, 15) is 4.79 Å². The fourth-order valence-electron chi connectivity index (χ4n) is 5.39. The number of allylic oxidation sites excluding steroid dienone is 1. The van der Waals surface area contributed by atoms with Crippen LogP contribution < -0.4 is 0 Å². The topological polar surface area (TPSA) is 26.3 Å². The van der Waals surface area contributed by atoms with Gasteiger partial charge < -0.3 is 4.74 Å². The summed E-state index contributed by atoms with van der Waals surface area (Å²) in [6.07, 6.45) is 4.01. The molecule has 17 heavy (non-hydrogen) atoms. The minimum absolute atomic E-state index is 0.0202. The Morgan fingerprint density at radius 2 is 2.06 bits per heavy atom. The average Bonchev–Trinajstić information content (AvgIpc) is 2.61. The van der Waals surface area contributed by atoms with Gasteiger partial charge in [-0.05, 0) is 30.6 Å². The predicted octanol–water partition coefficient (Wildman–Crippen LogP) is 3.32. The highest BCUT2D eigenvalue weighted by molar-refractivity contribution is 5.73. The van der Waals surface area contributed by atoms with Crippen LogP contribution in [-0.2, 0) is 9.53 Å². The summed E-state index contributed by atoms with van der Waals surface area (Å²) in [6.45, 7) is 11.9. The Balaban J connectivity index is 2.16. The SMILES string of the molecule is C=C1CC[C@H]2C(C)(C)C[C@]3(C)COC(=O)C[C@]123. The van der Waals surface area contributed by atoms with E-state index in [4.69, 9.17) is 4.74 Å². The Bertz CT molecular complexity index is 409. The van der Waals surface area contributed by atoms with Crippen LogP contribution in [0.2, 0.25) is 0 Å². The van der Waals surface area contributed by atoms with Gasteiger partial charge in [-0.1, -0.05) is 32.9 Å². The van der Waals surface area contributed by atoms with Crippen molar-refractivity contribution in [3.8, 4) is 0 Å². The van der Waals surface area contributed by atoms with E-state index in [1.807, 2.05) is 0 Å². The maximum Gasteiger partial charge on any atom is 0.306 e. The van der Waals surface area contributed by atoms with Crippen LogP contribution in [0.3, 0.4) is 0 Å². The number of esters is 1. The highest BCUT2D eigenvalue weighted by Crippen LogP contribution is 2.74. The number of ether oxygens (including phenoxy) is 1. The van der Waals surface area contributed by atoms with Crippen LogP contribution in [0.15, 0.2) is 12.2 Å². The van der Waals surface area contributed by atoms with E-state index in [0.717, 1.165) is 12.8 Å². The summed E-state index contributed by atoms with van der Waals surface area (Å²) in [6, 6.07) is 0. The summed E-state index contributed by atoms with van der Waals surface area (Å²) >= 11 is 0. The minimum Gasteiger partial charge on any atom is -0.465 e. The molecule has 0 aromatic heterocycles. The molecule has 1 heterocycles. The molecule has 0 N–H and O–H groups in total. The summed E-state index contributed by atoms with van der Waals surface area (Å²) < 4.78 is 5.36. The lowest BCUT2D eigenvalue weighted by Crippen LogP contribution is -2.47. The molecule has 2 nitrogen and oxygen atoms in total. The zero-order valence-electron chi connectivity index (χ0n) is 11.1. The zero-order valence-corrected chi connectivity index (χ0v) is 11.1. The Hall–Kier alpha value is -0.790. The van der Waals surface area contributed by atoms with Gasteiger partial charge in [-0.2, -0.15) is 0 Å². The molecule has 0 aromatic carbocycles. The second-order valence-electron chi connectivity index (χ2n) is 7.23. The van der Waals surface area contributed by atoms with Crippen molar-refractivity contribution in [2.45, 2.75) is 46.5 Å². The van der Waals surface area contributed by atoms with E-state index in [0.29, 0.717) is 24.4 Å². The molecule has 0 bridgehead atoms. The Labute approximate surface area is 103 Å². The van der Waals surface area contributed by atoms with E-state index in [-0.39, 0.29) is 16.8 Å². The number of carbonyl (C=O) groups excluding carboxylic acids is 1. The van der Waals surface area contributed by atoms with Crippen molar-refractivity contribution in [1.82, 2.24) is 0 Å². The van der Waals surface area contributed by atoms with Gasteiger partial charge in [0.15, 0.2) is 0 Å². The van der Waals surface area contributed by atoms with E-state index in [1.54, 1.807) is 0 Å². The molecule has 0 amide bonds. The Morgan fingerprint density at radius 3 is 2.76 bits per heavy atom. The summed E-state index contributed by atoms with van der Waals surface area (Å²) in [4.78, 5) is 11.8. The van der Waals surface area contributed by atoms with E-state index in [1.165, 1.54) is 12.0 Å².